The van der Waals surface area contributed by atoms with Crippen molar-refractivity contribution in [3.8, 4) is 17.3 Å². The zero-order valence-electron chi connectivity index (χ0n) is 13.4. The Morgan fingerprint density at radius 2 is 1.84 bits per heavy atom. The van der Waals surface area contributed by atoms with Gasteiger partial charge >= 0.3 is 6.03 Å². The van der Waals surface area contributed by atoms with E-state index in [0.717, 1.165) is 16.4 Å². The molecule has 3 rings (SSSR count). The van der Waals surface area contributed by atoms with E-state index in [4.69, 9.17) is 5.26 Å². The van der Waals surface area contributed by atoms with Gasteiger partial charge in [-0.2, -0.15) is 5.26 Å². The summed E-state index contributed by atoms with van der Waals surface area (Å²) in [5, 5.41) is 20.2. The average molecular weight is 349 g/mol. The summed E-state index contributed by atoms with van der Waals surface area (Å²) in [5.41, 5.74) is 3.47. The summed E-state index contributed by atoms with van der Waals surface area (Å²) in [7, 11) is 1.83. The van der Waals surface area contributed by atoms with Gasteiger partial charge in [-0.1, -0.05) is 18.2 Å². The Morgan fingerprint density at radius 1 is 1.12 bits per heavy atom. The largest absolute Gasteiger partial charge is 0.365 e. The topological polar surface area (TPSA) is 89.8 Å². The molecule has 0 saturated carbocycles. The van der Waals surface area contributed by atoms with Gasteiger partial charge in [-0.05, 0) is 30.3 Å². The van der Waals surface area contributed by atoms with E-state index in [0.29, 0.717) is 16.9 Å². The second-order valence-corrected chi connectivity index (χ2v) is 6.00. The van der Waals surface area contributed by atoms with E-state index in [1.54, 1.807) is 30.3 Å². The van der Waals surface area contributed by atoms with Crippen LogP contribution >= 0.6 is 11.3 Å². The average Bonchev–Trinajstić information content (AvgIpc) is 3.11. The molecular formula is C18H15N5OS. The van der Waals surface area contributed by atoms with Gasteiger partial charge in [0, 0.05) is 29.4 Å². The normalized spacial score (nSPS) is 9.92. The van der Waals surface area contributed by atoms with Crippen molar-refractivity contribution in [3.63, 3.8) is 0 Å². The number of hydrogen-bond acceptors (Lipinski definition) is 5. The van der Waals surface area contributed by atoms with Gasteiger partial charge in [-0.3, -0.25) is 0 Å². The number of nitrogens with zero attached hydrogens (tertiary/aromatic N) is 2. The van der Waals surface area contributed by atoms with Crippen molar-refractivity contribution in [3.05, 3.63) is 59.5 Å². The minimum atomic E-state index is -0.374. The number of thiazole rings is 1. The summed E-state index contributed by atoms with van der Waals surface area (Å²) >= 11 is 1.52. The highest BCUT2D eigenvalue weighted by molar-refractivity contribution is 7.14. The Kier molecular flexibility index (Phi) is 4.92. The second kappa shape index (κ2) is 7.47. The van der Waals surface area contributed by atoms with E-state index in [1.807, 2.05) is 36.7 Å². The van der Waals surface area contributed by atoms with Gasteiger partial charge in [0.15, 0.2) is 5.13 Å². The lowest BCUT2D eigenvalue weighted by molar-refractivity contribution is 0.262. The fraction of sp³-hybridized carbons (Fsp3) is 0.0556. The third kappa shape index (κ3) is 4.13. The molecule has 0 fully saturated rings. The Hall–Kier alpha value is -3.37. The highest BCUT2D eigenvalue weighted by Gasteiger charge is 2.07. The number of amides is 2. The van der Waals surface area contributed by atoms with Crippen LogP contribution in [-0.4, -0.2) is 18.1 Å². The zero-order chi connectivity index (χ0) is 17.6. The summed E-state index contributed by atoms with van der Waals surface area (Å²) in [6.07, 6.45) is 0. The van der Waals surface area contributed by atoms with E-state index in [1.165, 1.54) is 11.3 Å². The van der Waals surface area contributed by atoms with Gasteiger partial charge in [-0.15, -0.1) is 11.3 Å². The van der Waals surface area contributed by atoms with Gasteiger partial charge in [-0.25, -0.2) is 9.78 Å². The molecule has 2 amide bonds. The highest BCUT2D eigenvalue weighted by Crippen LogP contribution is 2.26. The Balaban J connectivity index is 1.71. The smallest absolute Gasteiger partial charge is 0.323 e. The van der Waals surface area contributed by atoms with Crippen LogP contribution in [0.1, 0.15) is 5.56 Å². The number of aromatic nitrogens is 1. The highest BCUT2D eigenvalue weighted by atomic mass is 32.1. The molecule has 3 N–H and O–H groups in total. The summed E-state index contributed by atoms with van der Waals surface area (Å²) in [5.74, 6) is 0. The van der Waals surface area contributed by atoms with E-state index < -0.39 is 0 Å². The van der Waals surface area contributed by atoms with Crippen molar-refractivity contribution in [2.75, 3.05) is 23.0 Å². The molecule has 0 aliphatic carbocycles. The first kappa shape index (κ1) is 16.5. The minimum Gasteiger partial charge on any atom is -0.365 e. The number of carbonyl (C=O) groups is 1. The first-order valence-corrected chi connectivity index (χ1v) is 8.38. The van der Waals surface area contributed by atoms with Crippen LogP contribution in [0.15, 0.2) is 53.9 Å². The quantitative estimate of drug-likeness (QED) is 0.652. The summed E-state index contributed by atoms with van der Waals surface area (Å²) in [4.78, 5) is 16.6. The van der Waals surface area contributed by atoms with Gasteiger partial charge in [0.25, 0.3) is 0 Å². The second-order valence-electron chi connectivity index (χ2n) is 5.14. The minimum absolute atomic E-state index is 0.374. The lowest BCUT2D eigenvalue weighted by Crippen LogP contribution is -2.19. The monoisotopic (exact) mass is 349 g/mol. The third-order valence-corrected chi connectivity index (χ3v) is 4.24. The van der Waals surface area contributed by atoms with Crippen LogP contribution in [0, 0.1) is 11.3 Å². The van der Waals surface area contributed by atoms with Crippen molar-refractivity contribution in [2.24, 2.45) is 0 Å². The lowest BCUT2D eigenvalue weighted by Gasteiger charge is -2.08. The predicted octanol–water partition coefficient (Wildman–Crippen LogP) is 4.37. The molecule has 0 saturated heterocycles. The van der Waals surface area contributed by atoms with Crippen LogP contribution in [0.3, 0.4) is 0 Å². The molecule has 25 heavy (non-hydrogen) atoms. The van der Waals surface area contributed by atoms with Crippen LogP contribution in [0.2, 0.25) is 0 Å². The predicted molar refractivity (Wildman–Crippen MR) is 101 cm³/mol. The standard InChI is InChI=1S/C18H15N5OS/c1-20-18-23-16(11-25-18)13-5-3-7-15(9-13)22-17(24)21-14-6-2-4-12(8-14)10-19/h2-9,11H,1H3,(H,20,23)(H2,21,22,24). The van der Waals surface area contributed by atoms with E-state index in [2.05, 4.69) is 20.9 Å². The zero-order valence-corrected chi connectivity index (χ0v) is 14.2. The van der Waals surface area contributed by atoms with E-state index >= 15 is 0 Å². The van der Waals surface area contributed by atoms with Crippen LogP contribution in [-0.2, 0) is 0 Å². The molecule has 6 nitrogen and oxygen atoms in total. The van der Waals surface area contributed by atoms with Crippen molar-refractivity contribution in [1.29, 1.82) is 5.26 Å². The first-order chi connectivity index (χ1) is 12.2. The van der Waals surface area contributed by atoms with Crippen LogP contribution in [0.5, 0.6) is 0 Å². The summed E-state index contributed by atoms with van der Waals surface area (Å²) < 4.78 is 0. The molecule has 3 aromatic rings. The van der Waals surface area contributed by atoms with Crippen molar-refractivity contribution >= 4 is 33.9 Å². The third-order valence-electron chi connectivity index (χ3n) is 3.38. The number of urea groups is 1. The number of nitrogens with one attached hydrogen (secondary N) is 3. The number of rotatable bonds is 4. The van der Waals surface area contributed by atoms with E-state index in [-0.39, 0.29) is 6.03 Å². The Bertz CT molecular complexity index is 944. The summed E-state index contributed by atoms with van der Waals surface area (Å²) in [6.45, 7) is 0. The molecule has 124 valence electrons. The molecule has 1 aromatic heterocycles. The SMILES string of the molecule is CNc1nc(-c2cccc(NC(=O)Nc3cccc(C#N)c3)c2)cs1. The van der Waals surface area contributed by atoms with Crippen LogP contribution < -0.4 is 16.0 Å². The fourth-order valence-electron chi connectivity index (χ4n) is 2.24. The van der Waals surface area contributed by atoms with Crippen LogP contribution in [0.4, 0.5) is 21.3 Å². The van der Waals surface area contributed by atoms with Crippen molar-refractivity contribution < 1.29 is 4.79 Å². The number of carbonyl (C=O) groups excluding carboxylic acids is 1. The molecule has 0 aliphatic heterocycles. The fourth-order valence-corrected chi connectivity index (χ4v) is 2.92. The molecular weight excluding hydrogens is 334 g/mol. The van der Waals surface area contributed by atoms with Gasteiger partial charge < -0.3 is 16.0 Å². The van der Waals surface area contributed by atoms with Crippen molar-refractivity contribution in [1.82, 2.24) is 4.98 Å². The van der Waals surface area contributed by atoms with E-state index in [9.17, 15) is 4.79 Å². The number of anilines is 3. The molecule has 1 heterocycles. The van der Waals surface area contributed by atoms with Crippen LogP contribution in [0.25, 0.3) is 11.3 Å². The molecule has 0 atom stereocenters. The molecule has 0 radical (unpaired) electrons. The van der Waals surface area contributed by atoms with Gasteiger partial charge in [0.2, 0.25) is 0 Å². The van der Waals surface area contributed by atoms with Gasteiger partial charge in [0.1, 0.15) is 0 Å². The number of nitriles is 1. The summed E-state index contributed by atoms with van der Waals surface area (Å²) in [6, 6.07) is 15.9. The molecule has 7 heteroatoms. The molecule has 0 spiro atoms. The first-order valence-electron chi connectivity index (χ1n) is 7.50. The molecule has 0 aliphatic rings. The maximum absolute atomic E-state index is 12.2. The number of hydrogen-bond donors (Lipinski definition) is 3. The Labute approximate surface area is 149 Å². The Morgan fingerprint density at radius 3 is 2.52 bits per heavy atom. The number of benzene rings is 2. The molecule has 0 bridgehead atoms. The van der Waals surface area contributed by atoms with Gasteiger partial charge in [0.05, 0.1) is 17.3 Å². The lowest BCUT2D eigenvalue weighted by atomic mass is 10.1. The molecule has 2 aromatic carbocycles. The van der Waals surface area contributed by atoms with Crippen molar-refractivity contribution in [2.45, 2.75) is 0 Å². The maximum Gasteiger partial charge on any atom is 0.323 e. The molecule has 0 unspecified atom stereocenters. The maximum atomic E-state index is 12.2.